The molecule has 2 aromatic carbocycles. The van der Waals surface area contributed by atoms with Gasteiger partial charge in [-0.05, 0) is 87.8 Å². The Morgan fingerprint density at radius 1 is 1.11 bits per heavy atom. The van der Waals surface area contributed by atoms with Gasteiger partial charge in [0.25, 0.3) is 0 Å². The summed E-state index contributed by atoms with van der Waals surface area (Å²) in [4.78, 5) is 3.99. The van der Waals surface area contributed by atoms with Crippen molar-refractivity contribution in [2.45, 2.75) is 42.9 Å². The Bertz CT molecular complexity index is 817. The molecule has 2 nitrogen and oxygen atoms in total. The first-order chi connectivity index (χ1) is 13.1. The molecule has 0 saturated carbocycles. The maximum absolute atomic E-state index is 4.39. The van der Waals surface area contributed by atoms with Crippen molar-refractivity contribution in [1.29, 1.82) is 0 Å². The number of rotatable bonds is 5. The number of allylic oxidation sites excluding steroid dienone is 1. The molecule has 0 radical (unpaired) electrons. The van der Waals surface area contributed by atoms with Crippen molar-refractivity contribution in [3.8, 4) is 0 Å². The van der Waals surface area contributed by atoms with Crippen LogP contribution in [0.3, 0.4) is 0 Å². The van der Waals surface area contributed by atoms with Gasteiger partial charge in [-0.3, -0.25) is 0 Å². The van der Waals surface area contributed by atoms with Crippen LogP contribution in [0.1, 0.15) is 36.0 Å². The third-order valence-corrected chi connectivity index (χ3v) is 7.11. The van der Waals surface area contributed by atoms with Crippen molar-refractivity contribution in [3.05, 3.63) is 71.4 Å². The Kier molecular flexibility index (Phi) is 5.34. The average Bonchev–Trinajstić information content (AvgIpc) is 2.95. The molecular formula is C24H30N2S. The molecule has 0 unspecified atom stereocenters. The number of hydrogen-bond donors (Lipinski definition) is 1. The minimum atomic E-state index is 0.144. The quantitative estimate of drug-likeness (QED) is 0.680. The number of likely N-dealkylation sites (tertiary alicyclic amines) is 1. The first-order valence-corrected chi connectivity index (χ1v) is 11.3. The van der Waals surface area contributed by atoms with Gasteiger partial charge in [-0.1, -0.05) is 36.4 Å². The van der Waals surface area contributed by atoms with Crippen LogP contribution in [-0.2, 0) is 11.8 Å². The number of nitrogens with one attached hydrogen (secondary N) is 1. The van der Waals surface area contributed by atoms with E-state index in [2.05, 4.69) is 72.4 Å². The van der Waals surface area contributed by atoms with Gasteiger partial charge in [0.2, 0.25) is 0 Å². The minimum Gasteiger partial charge on any atom is -0.358 e. The summed E-state index contributed by atoms with van der Waals surface area (Å²) in [6, 6.07) is 15.8. The molecule has 0 bridgehead atoms. The van der Waals surface area contributed by atoms with Crippen molar-refractivity contribution in [2.24, 2.45) is 0 Å². The van der Waals surface area contributed by atoms with Gasteiger partial charge in [0.15, 0.2) is 0 Å². The second kappa shape index (κ2) is 7.73. The van der Waals surface area contributed by atoms with Crippen LogP contribution in [0.25, 0.3) is 0 Å². The summed E-state index contributed by atoms with van der Waals surface area (Å²) in [7, 11) is 0. The van der Waals surface area contributed by atoms with E-state index in [4.69, 9.17) is 0 Å². The summed E-state index contributed by atoms with van der Waals surface area (Å²) in [6.07, 6.45) is 6.90. The maximum Gasteiger partial charge on any atom is 0.0424 e. The summed E-state index contributed by atoms with van der Waals surface area (Å²) >= 11 is 1.81. The van der Waals surface area contributed by atoms with Crippen LogP contribution < -0.4 is 5.32 Å². The van der Waals surface area contributed by atoms with E-state index < -0.39 is 0 Å². The highest BCUT2D eigenvalue weighted by atomic mass is 32.2. The molecule has 2 heterocycles. The number of benzene rings is 2. The van der Waals surface area contributed by atoms with Crippen molar-refractivity contribution in [1.82, 2.24) is 4.90 Å². The molecule has 2 aliphatic heterocycles. The van der Waals surface area contributed by atoms with E-state index in [-0.39, 0.29) is 5.41 Å². The molecular weight excluding hydrogens is 348 g/mol. The van der Waals surface area contributed by atoms with Gasteiger partial charge in [0, 0.05) is 21.7 Å². The van der Waals surface area contributed by atoms with E-state index in [1.807, 2.05) is 11.8 Å². The minimum absolute atomic E-state index is 0.144. The van der Waals surface area contributed by atoms with Gasteiger partial charge in [0.05, 0.1) is 0 Å². The van der Waals surface area contributed by atoms with Gasteiger partial charge in [-0.15, -0.1) is 11.8 Å². The molecule has 142 valence electrons. The fraction of sp³-hybridized carbons (Fsp3) is 0.417. The lowest BCUT2D eigenvalue weighted by Crippen LogP contribution is -2.43. The van der Waals surface area contributed by atoms with E-state index in [1.54, 1.807) is 0 Å². The van der Waals surface area contributed by atoms with Crippen molar-refractivity contribution in [3.63, 3.8) is 0 Å². The van der Waals surface area contributed by atoms with E-state index in [0.29, 0.717) is 0 Å². The maximum atomic E-state index is 4.39. The van der Waals surface area contributed by atoms with Crippen LogP contribution in [0, 0.1) is 6.92 Å². The molecule has 1 N–H and O–H groups in total. The summed E-state index contributed by atoms with van der Waals surface area (Å²) in [6.45, 7) is 10.1. The SMILES string of the molecule is C=C1Nc2ccc(C)cc2C12CCN(CCCc1ccc(SC)cc1)CC2. The second-order valence-electron chi connectivity index (χ2n) is 8.03. The summed E-state index contributed by atoms with van der Waals surface area (Å²) in [5.41, 5.74) is 6.90. The molecule has 1 fully saturated rings. The number of nitrogens with zero attached hydrogens (tertiary/aromatic N) is 1. The van der Waals surface area contributed by atoms with Crippen molar-refractivity contribution in [2.75, 3.05) is 31.2 Å². The van der Waals surface area contributed by atoms with Crippen LogP contribution in [-0.4, -0.2) is 30.8 Å². The molecule has 0 amide bonds. The highest BCUT2D eigenvalue weighted by molar-refractivity contribution is 7.98. The Hall–Kier alpha value is -1.71. The first kappa shape index (κ1) is 18.6. The van der Waals surface area contributed by atoms with Crippen LogP contribution in [0.15, 0.2) is 59.6 Å². The summed E-state index contributed by atoms with van der Waals surface area (Å²) in [5.74, 6) is 0. The van der Waals surface area contributed by atoms with Crippen LogP contribution in [0.4, 0.5) is 5.69 Å². The van der Waals surface area contributed by atoms with Crippen molar-refractivity contribution < 1.29 is 0 Å². The fourth-order valence-corrected chi connectivity index (χ4v) is 5.04. The van der Waals surface area contributed by atoms with Gasteiger partial charge in [-0.2, -0.15) is 0 Å². The van der Waals surface area contributed by atoms with Gasteiger partial charge in [0.1, 0.15) is 0 Å². The molecule has 0 aliphatic carbocycles. The van der Waals surface area contributed by atoms with Gasteiger partial charge in [-0.25, -0.2) is 0 Å². The van der Waals surface area contributed by atoms with Crippen molar-refractivity contribution >= 4 is 17.4 Å². The lowest BCUT2D eigenvalue weighted by atomic mass is 9.72. The normalized spacial score (nSPS) is 18.5. The lowest BCUT2D eigenvalue weighted by molar-refractivity contribution is 0.179. The van der Waals surface area contributed by atoms with Crippen LogP contribution >= 0.6 is 11.8 Å². The number of aryl methyl sites for hydroxylation is 2. The lowest BCUT2D eigenvalue weighted by Gasteiger charge is -2.40. The molecule has 1 spiro atoms. The molecule has 2 aromatic rings. The third-order valence-electron chi connectivity index (χ3n) is 6.36. The molecule has 4 rings (SSSR count). The number of piperidine rings is 1. The zero-order chi connectivity index (χ0) is 18.9. The highest BCUT2D eigenvalue weighted by Gasteiger charge is 2.44. The van der Waals surface area contributed by atoms with Crippen LogP contribution in [0.5, 0.6) is 0 Å². The zero-order valence-electron chi connectivity index (χ0n) is 16.6. The molecule has 1 saturated heterocycles. The Balaban J connectivity index is 1.33. The highest BCUT2D eigenvalue weighted by Crippen LogP contribution is 2.49. The standard InChI is InChI=1S/C24H30N2S/c1-18-6-11-23-22(17-18)24(19(2)25-23)12-15-26(16-13-24)14-4-5-20-7-9-21(27-3)10-8-20/h6-11,17,25H,2,4-5,12-16H2,1,3H3. The van der Waals surface area contributed by atoms with Crippen LogP contribution in [0.2, 0.25) is 0 Å². The topological polar surface area (TPSA) is 15.3 Å². The predicted molar refractivity (Wildman–Crippen MR) is 118 cm³/mol. The van der Waals surface area contributed by atoms with Gasteiger partial charge >= 0.3 is 0 Å². The largest absolute Gasteiger partial charge is 0.358 e. The Labute approximate surface area is 168 Å². The fourth-order valence-electron chi connectivity index (χ4n) is 4.64. The molecule has 2 aliphatic rings. The first-order valence-electron chi connectivity index (χ1n) is 10.0. The molecule has 0 atom stereocenters. The summed E-state index contributed by atoms with van der Waals surface area (Å²) in [5, 5.41) is 3.56. The van der Waals surface area contributed by atoms with E-state index in [1.165, 1.54) is 78.3 Å². The smallest absolute Gasteiger partial charge is 0.0424 e. The molecule has 27 heavy (non-hydrogen) atoms. The number of fused-ring (bicyclic) bond motifs is 2. The number of thioether (sulfide) groups is 1. The Morgan fingerprint density at radius 2 is 1.85 bits per heavy atom. The molecule has 3 heteroatoms. The monoisotopic (exact) mass is 378 g/mol. The molecule has 0 aromatic heterocycles. The zero-order valence-corrected chi connectivity index (χ0v) is 17.4. The number of anilines is 1. The predicted octanol–water partition coefficient (Wildman–Crippen LogP) is 5.62. The van der Waals surface area contributed by atoms with Gasteiger partial charge < -0.3 is 10.2 Å². The van der Waals surface area contributed by atoms with E-state index >= 15 is 0 Å². The number of hydrogen-bond acceptors (Lipinski definition) is 3. The third kappa shape index (κ3) is 3.68. The van der Waals surface area contributed by atoms with E-state index in [0.717, 1.165) is 0 Å². The average molecular weight is 379 g/mol. The summed E-state index contributed by atoms with van der Waals surface area (Å²) < 4.78 is 0. The Morgan fingerprint density at radius 3 is 2.56 bits per heavy atom. The van der Waals surface area contributed by atoms with E-state index in [9.17, 15) is 0 Å². The second-order valence-corrected chi connectivity index (χ2v) is 8.91.